The lowest BCUT2D eigenvalue weighted by molar-refractivity contribution is 0.168. The van der Waals surface area contributed by atoms with Gasteiger partial charge in [0.15, 0.2) is 0 Å². The average molecular weight is 126 g/mol. The number of nitrogens with one attached hydrogen (secondary N) is 1. The van der Waals surface area contributed by atoms with Crippen molar-refractivity contribution in [3.63, 3.8) is 0 Å². The Labute approximate surface area is 42.7 Å². The topological polar surface area (TPSA) is 61.7 Å². The van der Waals surface area contributed by atoms with Crippen LogP contribution in [0.3, 0.4) is 0 Å². The van der Waals surface area contributed by atoms with Crippen LogP contribution in [-0.2, 0) is 4.62 Å². The van der Waals surface area contributed by atoms with Gasteiger partial charge in [-0.25, -0.2) is 0 Å². The average Bonchev–Trinajstić information content (AvgIpc) is 1.30. The van der Waals surface area contributed by atoms with Crippen LogP contribution >= 0.6 is 7.94 Å². The predicted octanol–water partition coefficient (Wildman–Crippen LogP) is -0.486. The fraction of sp³-hybridized carbons (Fsp3) is 1.00. The molecule has 0 aromatic carbocycles. The molecule has 0 aliphatic rings. The highest BCUT2D eigenvalue weighted by atomic mass is 31.2. The van der Waals surface area contributed by atoms with E-state index < -0.39 is 7.94 Å². The molecule has 0 saturated carbocycles. The first-order valence-corrected chi connectivity index (χ1v) is 3.79. The van der Waals surface area contributed by atoms with Gasteiger partial charge in [-0.1, -0.05) is 4.62 Å². The van der Waals surface area contributed by atoms with Crippen molar-refractivity contribution >= 4 is 7.94 Å². The molecule has 0 bridgehead atoms. The quantitative estimate of drug-likeness (QED) is 0.345. The first-order chi connectivity index (χ1) is 3.06. The van der Waals surface area contributed by atoms with Crippen molar-refractivity contribution < 1.29 is 14.4 Å². The lowest BCUT2D eigenvalue weighted by Crippen LogP contribution is -2.07. The van der Waals surface area contributed by atoms with Gasteiger partial charge >= 0.3 is 7.94 Å². The Morgan fingerprint density at radius 2 is 2.00 bits per heavy atom. The molecule has 3 N–H and O–H groups in total. The van der Waals surface area contributed by atoms with Gasteiger partial charge in [-0.15, -0.1) is 0 Å². The molecule has 5 heteroatoms. The van der Waals surface area contributed by atoms with Crippen molar-refractivity contribution in [1.29, 1.82) is 0 Å². The molecule has 0 saturated heterocycles. The fourth-order valence-electron chi connectivity index (χ4n) is 0.173. The van der Waals surface area contributed by atoms with Crippen molar-refractivity contribution in [1.82, 2.24) is 5.48 Å². The lowest BCUT2D eigenvalue weighted by Gasteiger charge is -2.00. The minimum atomic E-state index is -3.03. The summed E-state index contributed by atoms with van der Waals surface area (Å²) in [6.07, 6.45) is 0. The van der Waals surface area contributed by atoms with Crippen LogP contribution in [0, 0.1) is 0 Å². The van der Waals surface area contributed by atoms with Gasteiger partial charge in [0.2, 0.25) is 0 Å². The van der Waals surface area contributed by atoms with Gasteiger partial charge < -0.3 is 0 Å². The van der Waals surface area contributed by atoms with Crippen LogP contribution in [0.4, 0.5) is 0 Å². The number of hydrogen-bond donors (Lipinski definition) is 3. The molecule has 0 spiro atoms. The normalized spacial score (nSPS) is 12.0. The number of rotatable bonds is 2. The monoisotopic (exact) mass is 126 g/mol. The maximum Gasteiger partial charge on any atom is 0.425 e. The third kappa shape index (κ3) is 6.27. The minimum absolute atomic E-state index is 1.21. The molecule has 0 aliphatic heterocycles. The molecule has 0 radical (unpaired) electrons. The smallest absolute Gasteiger partial charge is 0.192 e. The Morgan fingerprint density at radius 1 is 1.57 bits per heavy atom. The summed E-state index contributed by atoms with van der Waals surface area (Å²) in [6, 6.07) is 0. The molecule has 44 valence electrons. The van der Waals surface area contributed by atoms with Gasteiger partial charge in [0.05, 0.1) is 0 Å². The summed E-state index contributed by atoms with van der Waals surface area (Å²) in [5.74, 6) is 0. The summed E-state index contributed by atoms with van der Waals surface area (Å²) in [7, 11) is -1.56. The molecule has 0 unspecified atom stereocenters. The molecular weight excluding hydrogens is 117 g/mol. The molecule has 0 amide bonds. The molecule has 0 aromatic rings. The molecule has 0 heterocycles. The van der Waals surface area contributed by atoms with Gasteiger partial charge in [0.1, 0.15) is 6.66 Å². The van der Waals surface area contributed by atoms with E-state index in [2.05, 4.69) is 10.1 Å². The molecular formula is C2H9NO3P+. The van der Waals surface area contributed by atoms with E-state index in [0.29, 0.717) is 0 Å². The maximum absolute atomic E-state index is 8.40. The van der Waals surface area contributed by atoms with E-state index in [1.807, 2.05) is 0 Å². The van der Waals surface area contributed by atoms with E-state index in [-0.39, 0.29) is 0 Å². The van der Waals surface area contributed by atoms with Gasteiger partial charge in [-0.05, 0) is 0 Å². The standard InChI is InChI=1S/C2H9NO3P/c1-3-6-7(2,4)5/h3-5H,1-2H3/q+1. The van der Waals surface area contributed by atoms with E-state index in [9.17, 15) is 0 Å². The second-order valence-corrected chi connectivity index (χ2v) is 2.98. The highest BCUT2D eigenvalue weighted by Gasteiger charge is 2.26. The zero-order chi connectivity index (χ0) is 5.91. The fourth-order valence-corrected chi connectivity index (χ4v) is 0.519. The third-order valence-corrected chi connectivity index (χ3v) is 0.793. The lowest BCUT2D eigenvalue weighted by atomic mass is 11.6. The molecule has 0 atom stereocenters. The van der Waals surface area contributed by atoms with Crippen molar-refractivity contribution in [3.8, 4) is 0 Å². The van der Waals surface area contributed by atoms with Gasteiger partial charge in [-0.3, -0.25) is 0 Å². The zero-order valence-corrected chi connectivity index (χ0v) is 5.14. The predicted molar refractivity (Wildman–Crippen MR) is 27.4 cm³/mol. The summed E-state index contributed by atoms with van der Waals surface area (Å²) >= 11 is 0. The molecule has 0 fully saturated rings. The van der Waals surface area contributed by atoms with E-state index in [4.69, 9.17) is 9.79 Å². The van der Waals surface area contributed by atoms with Crippen molar-refractivity contribution in [2.75, 3.05) is 13.7 Å². The number of hydroxylamine groups is 1. The van der Waals surface area contributed by atoms with E-state index in [0.717, 1.165) is 0 Å². The van der Waals surface area contributed by atoms with Crippen molar-refractivity contribution in [2.45, 2.75) is 0 Å². The summed E-state index contributed by atoms with van der Waals surface area (Å²) < 4.78 is 4.20. The second kappa shape index (κ2) is 2.55. The Morgan fingerprint density at radius 3 is 2.00 bits per heavy atom. The van der Waals surface area contributed by atoms with Crippen molar-refractivity contribution in [2.24, 2.45) is 0 Å². The summed E-state index contributed by atoms with van der Waals surface area (Å²) in [4.78, 5) is 16.8. The van der Waals surface area contributed by atoms with E-state index >= 15 is 0 Å². The Balaban J connectivity index is 3.15. The highest BCUT2D eigenvalue weighted by molar-refractivity contribution is 7.58. The summed E-state index contributed by atoms with van der Waals surface area (Å²) in [5, 5.41) is 0. The van der Waals surface area contributed by atoms with E-state index in [1.54, 1.807) is 0 Å². The first-order valence-electron chi connectivity index (χ1n) is 1.73. The Bertz CT molecular complexity index is 51.4. The van der Waals surface area contributed by atoms with Crippen LogP contribution in [0.15, 0.2) is 0 Å². The maximum atomic E-state index is 8.40. The van der Waals surface area contributed by atoms with Crippen LogP contribution in [0.1, 0.15) is 0 Å². The van der Waals surface area contributed by atoms with Gasteiger partial charge in [0.25, 0.3) is 0 Å². The zero-order valence-electron chi connectivity index (χ0n) is 4.25. The van der Waals surface area contributed by atoms with Gasteiger partial charge in [-0.2, -0.15) is 15.3 Å². The Hall–Kier alpha value is 0.270. The largest absolute Gasteiger partial charge is 0.425 e. The van der Waals surface area contributed by atoms with Crippen LogP contribution in [0.2, 0.25) is 0 Å². The summed E-state index contributed by atoms with van der Waals surface area (Å²) in [6.45, 7) is 1.21. The molecule has 4 nitrogen and oxygen atoms in total. The first kappa shape index (κ1) is 7.27. The summed E-state index contributed by atoms with van der Waals surface area (Å²) in [5.41, 5.74) is 2.16. The van der Waals surface area contributed by atoms with E-state index in [1.165, 1.54) is 13.7 Å². The highest BCUT2D eigenvalue weighted by Crippen LogP contribution is 2.44. The van der Waals surface area contributed by atoms with Crippen LogP contribution in [0.25, 0.3) is 0 Å². The molecule has 0 aromatic heterocycles. The van der Waals surface area contributed by atoms with Crippen LogP contribution in [-0.4, -0.2) is 23.5 Å². The SMILES string of the molecule is CNO[P+](C)(O)O. The Kier molecular flexibility index (Phi) is 2.64. The molecule has 7 heavy (non-hydrogen) atoms. The molecule has 0 aliphatic carbocycles. The molecule has 0 rings (SSSR count). The van der Waals surface area contributed by atoms with Crippen LogP contribution < -0.4 is 5.48 Å². The van der Waals surface area contributed by atoms with Crippen LogP contribution in [0.5, 0.6) is 0 Å². The minimum Gasteiger partial charge on any atom is -0.192 e. The third-order valence-electron chi connectivity index (χ3n) is 0.264. The second-order valence-electron chi connectivity index (χ2n) is 1.13. The van der Waals surface area contributed by atoms with Crippen molar-refractivity contribution in [3.05, 3.63) is 0 Å². The van der Waals surface area contributed by atoms with Gasteiger partial charge in [0, 0.05) is 7.05 Å². The number of hydrogen-bond acceptors (Lipinski definition) is 4.